The molecule has 1 aliphatic heterocycles. The highest BCUT2D eigenvalue weighted by Crippen LogP contribution is 2.80. The van der Waals surface area contributed by atoms with E-state index in [9.17, 15) is 4.79 Å². The number of fused-ring (bicyclic) bond motifs is 2. The van der Waals surface area contributed by atoms with Gasteiger partial charge < -0.3 is 14.4 Å². The van der Waals surface area contributed by atoms with Crippen LogP contribution in [0.15, 0.2) is 12.3 Å². The van der Waals surface area contributed by atoms with E-state index < -0.39 is 5.60 Å². The van der Waals surface area contributed by atoms with Gasteiger partial charge in [0.1, 0.15) is 11.7 Å². The quantitative estimate of drug-likeness (QED) is 0.644. The smallest absolute Gasteiger partial charge is 0.410 e. The molecule has 0 aromatic rings. The Morgan fingerprint density at radius 2 is 1.81 bits per heavy atom. The monoisotopic (exact) mass is 373 g/mol. The third kappa shape index (κ3) is 2.73. The van der Waals surface area contributed by atoms with Gasteiger partial charge in [0.05, 0.1) is 5.76 Å². The maximum Gasteiger partial charge on any atom is 0.410 e. The van der Waals surface area contributed by atoms with Crippen molar-refractivity contribution in [2.75, 3.05) is 13.1 Å². The van der Waals surface area contributed by atoms with Crippen LogP contribution in [0.2, 0.25) is 0 Å². The summed E-state index contributed by atoms with van der Waals surface area (Å²) in [6, 6.07) is 0. The van der Waals surface area contributed by atoms with E-state index in [1.54, 1.807) is 0 Å². The molecule has 1 amide bonds. The van der Waals surface area contributed by atoms with E-state index in [1.807, 2.05) is 25.7 Å². The number of piperidine rings is 1. The molecule has 3 bridgehead atoms. The van der Waals surface area contributed by atoms with E-state index in [2.05, 4.69) is 6.58 Å². The fourth-order valence-electron chi connectivity index (χ4n) is 7.49. The summed E-state index contributed by atoms with van der Waals surface area (Å²) >= 11 is 0. The molecule has 1 heterocycles. The summed E-state index contributed by atoms with van der Waals surface area (Å²) in [6.45, 7) is 11.7. The molecule has 1 saturated heterocycles. The van der Waals surface area contributed by atoms with Gasteiger partial charge in [0.25, 0.3) is 0 Å². The van der Waals surface area contributed by atoms with Gasteiger partial charge in [-0.15, -0.1) is 0 Å². The fourth-order valence-corrected chi connectivity index (χ4v) is 7.49. The molecule has 5 aliphatic rings. The van der Waals surface area contributed by atoms with Crippen LogP contribution in [0.5, 0.6) is 0 Å². The summed E-state index contributed by atoms with van der Waals surface area (Å²) in [5, 5.41) is 0. The van der Waals surface area contributed by atoms with Gasteiger partial charge in [-0.2, -0.15) is 0 Å². The molecule has 5 atom stereocenters. The zero-order chi connectivity index (χ0) is 19.0. The van der Waals surface area contributed by atoms with Crippen LogP contribution in [-0.4, -0.2) is 35.8 Å². The van der Waals surface area contributed by atoms with Crippen LogP contribution in [0.4, 0.5) is 4.79 Å². The molecule has 5 unspecified atom stereocenters. The minimum Gasteiger partial charge on any atom is -0.495 e. The Bertz CT molecular complexity index is 655. The van der Waals surface area contributed by atoms with Gasteiger partial charge in [0.15, 0.2) is 0 Å². The maximum absolute atomic E-state index is 12.3. The average molecular weight is 374 g/mol. The highest BCUT2D eigenvalue weighted by Gasteiger charge is 2.71. The van der Waals surface area contributed by atoms with Gasteiger partial charge >= 0.3 is 6.09 Å². The zero-order valence-corrected chi connectivity index (χ0v) is 17.3. The summed E-state index contributed by atoms with van der Waals surface area (Å²) in [7, 11) is 0. The number of allylic oxidation sites excluding steroid dienone is 1. The molecule has 27 heavy (non-hydrogen) atoms. The predicted molar refractivity (Wildman–Crippen MR) is 104 cm³/mol. The van der Waals surface area contributed by atoms with Crippen molar-refractivity contribution in [3.63, 3.8) is 0 Å². The van der Waals surface area contributed by atoms with E-state index in [0.717, 1.165) is 49.4 Å². The number of ether oxygens (including phenoxy) is 2. The average Bonchev–Trinajstić information content (AvgIpc) is 2.89. The molecule has 4 saturated carbocycles. The van der Waals surface area contributed by atoms with Gasteiger partial charge in [0.2, 0.25) is 0 Å². The van der Waals surface area contributed by atoms with Crippen molar-refractivity contribution in [3.05, 3.63) is 12.3 Å². The van der Waals surface area contributed by atoms with Crippen LogP contribution < -0.4 is 0 Å². The highest BCUT2D eigenvalue weighted by atomic mass is 16.6. The van der Waals surface area contributed by atoms with Crippen LogP contribution in [0.1, 0.15) is 72.1 Å². The minimum atomic E-state index is -0.433. The summed E-state index contributed by atoms with van der Waals surface area (Å²) in [4.78, 5) is 14.1. The summed E-state index contributed by atoms with van der Waals surface area (Å²) in [5.74, 6) is 3.97. The second kappa shape index (κ2) is 5.67. The number of amides is 1. The Labute approximate surface area is 163 Å². The molecular formula is C23H35NO3. The molecule has 0 aromatic carbocycles. The molecule has 4 nitrogen and oxygen atoms in total. The van der Waals surface area contributed by atoms with Crippen LogP contribution in [-0.2, 0) is 9.47 Å². The number of carbonyl (C=O) groups is 1. The second-order valence-electron chi connectivity index (χ2n) is 11.2. The van der Waals surface area contributed by atoms with Gasteiger partial charge in [-0.25, -0.2) is 4.79 Å². The molecule has 4 aliphatic carbocycles. The van der Waals surface area contributed by atoms with Crippen molar-refractivity contribution in [2.24, 2.45) is 28.6 Å². The summed E-state index contributed by atoms with van der Waals surface area (Å²) < 4.78 is 12.0. The molecule has 1 spiro atoms. The Morgan fingerprint density at radius 3 is 2.52 bits per heavy atom. The van der Waals surface area contributed by atoms with E-state index in [0.29, 0.717) is 5.41 Å². The third-order valence-corrected chi connectivity index (χ3v) is 8.46. The Kier molecular flexibility index (Phi) is 3.75. The molecule has 4 heteroatoms. The van der Waals surface area contributed by atoms with Crippen LogP contribution in [0.25, 0.3) is 0 Å². The lowest BCUT2D eigenvalue weighted by molar-refractivity contribution is -0.0174. The van der Waals surface area contributed by atoms with Crippen LogP contribution in [0.3, 0.4) is 0 Å². The topological polar surface area (TPSA) is 38.8 Å². The van der Waals surface area contributed by atoms with E-state index in [-0.39, 0.29) is 17.6 Å². The van der Waals surface area contributed by atoms with Gasteiger partial charge in [-0.05, 0) is 82.5 Å². The van der Waals surface area contributed by atoms with E-state index in [1.165, 1.54) is 38.5 Å². The van der Waals surface area contributed by atoms with Crippen molar-refractivity contribution >= 4 is 6.09 Å². The first-order chi connectivity index (χ1) is 12.7. The van der Waals surface area contributed by atoms with Crippen LogP contribution >= 0.6 is 0 Å². The molecule has 0 radical (unpaired) electrons. The fraction of sp³-hybridized carbons (Fsp3) is 0.870. The second-order valence-corrected chi connectivity index (χ2v) is 11.2. The number of rotatable bonds is 3. The highest BCUT2D eigenvalue weighted by molar-refractivity contribution is 5.68. The molecule has 5 rings (SSSR count). The third-order valence-electron chi connectivity index (χ3n) is 8.46. The van der Waals surface area contributed by atoms with Crippen molar-refractivity contribution in [3.8, 4) is 0 Å². The standard InChI is InChI=1S/C23H35NO3/c1-15(22-11-16-9-17-10-18(13-22)23(17,12-16)14-22)26-19-5-7-24(8-6-19)20(25)27-21(2,3)4/h16-19H,1,5-14H2,2-4H3. The first-order valence-corrected chi connectivity index (χ1v) is 11.0. The summed E-state index contributed by atoms with van der Waals surface area (Å²) in [5.41, 5.74) is 0.508. The Hall–Kier alpha value is -1.19. The lowest BCUT2D eigenvalue weighted by atomic mass is 9.55. The number of carbonyl (C=O) groups excluding carboxylic acids is 1. The first-order valence-electron chi connectivity index (χ1n) is 11.0. The van der Waals surface area contributed by atoms with E-state index >= 15 is 0 Å². The normalized spacial score (nSPS) is 42.6. The minimum absolute atomic E-state index is 0.195. The van der Waals surface area contributed by atoms with E-state index in [4.69, 9.17) is 9.47 Å². The molecule has 0 N–H and O–H groups in total. The van der Waals surface area contributed by atoms with Crippen molar-refractivity contribution < 1.29 is 14.3 Å². The lowest BCUT2D eigenvalue weighted by Gasteiger charge is -2.49. The SMILES string of the molecule is C=C(OC1CCN(C(=O)OC(C)(C)C)CC1)C12CC3CC4CC(C1)C4(C3)C2. The molecule has 5 fully saturated rings. The van der Waals surface area contributed by atoms with Crippen molar-refractivity contribution in [1.29, 1.82) is 0 Å². The first kappa shape index (κ1) is 17.9. The molecule has 150 valence electrons. The predicted octanol–water partition coefficient (Wildman–Crippen LogP) is 5.13. The zero-order valence-electron chi connectivity index (χ0n) is 17.3. The maximum atomic E-state index is 12.3. The van der Waals surface area contributed by atoms with Gasteiger partial charge in [-0.3, -0.25) is 0 Å². The number of hydrogen-bond acceptors (Lipinski definition) is 3. The lowest BCUT2D eigenvalue weighted by Crippen LogP contribution is -2.44. The Morgan fingerprint density at radius 1 is 1.07 bits per heavy atom. The number of likely N-dealkylation sites (tertiary alicyclic amines) is 1. The van der Waals surface area contributed by atoms with Gasteiger partial charge in [0, 0.05) is 31.3 Å². The van der Waals surface area contributed by atoms with Crippen LogP contribution in [0, 0.1) is 28.6 Å². The molecular weight excluding hydrogens is 338 g/mol. The number of nitrogens with zero attached hydrogens (tertiary/aromatic N) is 1. The van der Waals surface area contributed by atoms with Gasteiger partial charge in [-0.1, -0.05) is 6.58 Å². The largest absolute Gasteiger partial charge is 0.495 e. The summed E-state index contributed by atoms with van der Waals surface area (Å²) in [6.07, 6.45) is 10.2. The van der Waals surface area contributed by atoms with Crippen molar-refractivity contribution in [2.45, 2.75) is 83.8 Å². The van der Waals surface area contributed by atoms with Crippen molar-refractivity contribution in [1.82, 2.24) is 4.90 Å². The number of hydrogen-bond donors (Lipinski definition) is 0. The Balaban J connectivity index is 1.17. The molecule has 0 aromatic heterocycles.